The van der Waals surface area contributed by atoms with Gasteiger partial charge in [-0.05, 0) is 78.4 Å². The molecule has 0 aromatic carbocycles. The number of carbonyl (C=O) groups is 3. The van der Waals surface area contributed by atoms with Crippen LogP contribution >= 0.6 is 0 Å². The summed E-state index contributed by atoms with van der Waals surface area (Å²) in [6.07, 6.45) is 52.0. The molecule has 7 heteroatoms. The van der Waals surface area contributed by atoms with E-state index in [-0.39, 0.29) is 29.7 Å². The minimum absolute atomic E-state index is 0.0285. The Balaban J connectivity index is -0.000000967. The summed E-state index contributed by atoms with van der Waals surface area (Å²) in [6, 6.07) is 0. The van der Waals surface area contributed by atoms with Crippen LogP contribution in [0.5, 0.6) is 0 Å². The van der Waals surface area contributed by atoms with Crippen LogP contribution in [0.3, 0.4) is 0 Å². The van der Waals surface area contributed by atoms with Gasteiger partial charge in [0.05, 0.1) is 31.7 Å². The van der Waals surface area contributed by atoms with Crippen LogP contribution in [0.1, 0.15) is 325 Å². The molecule has 0 spiro atoms. The van der Waals surface area contributed by atoms with Gasteiger partial charge in [0.15, 0.2) is 0 Å². The fraction of sp³-hybridized carbons (Fsp3) is 0.951. The van der Waals surface area contributed by atoms with Crippen LogP contribution in [0.2, 0.25) is 0 Å². The largest absolute Gasteiger partial charge is 0.466 e. The standard InChI is InChI=1S/C27H54O2.C20H40O2.C14H29NO2/c1-4-7-10-13-15-16-17-19-22-25-29-27(28)26(23-20-12-9-6-3)24-21-18-14-11-8-5-2;1-4-7-10-12-13-15-17-19(16-14-11-8-5-2)20(21)22-18-9-6-3;1-4-5-6-7-10-13-17-14(16)11-8-9-12-15(2)3/h26H,4-25H2,1-3H3;19H,4-18H2,1-3H3;4-13H2,1-3H3. The van der Waals surface area contributed by atoms with Crippen LogP contribution in [0.4, 0.5) is 0 Å². The molecular formula is C61H123NO6. The number of carbonyl (C=O) groups excluding carboxylic acids is 3. The summed E-state index contributed by atoms with van der Waals surface area (Å²) >= 11 is 0. The Bertz CT molecular complexity index is 988. The first-order valence-corrected chi connectivity index (χ1v) is 30.3. The third-order valence-electron chi connectivity index (χ3n) is 13.3. The molecule has 0 bridgehead atoms. The molecule has 0 fully saturated rings. The Labute approximate surface area is 426 Å². The van der Waals surface area contributed by atoms with Gasteiger partial charge < -0.3 is 19.1 Å². The normalized spacial score (nSPS) is 11.9. The zero-order valence-corrected chi connectivity index (χ0v) is 47.8. The lowest BCUT2D eigenvalue weighted by Gasteiger charge is -2.16. The van der Waals surface area contributed by atoms with Gasteiger partial charge in [-0.3, -0.25) is 14.4 Å². The lowest BCUT2D eigenvalue weighted by atomic mass is 9.94. The highest BCUT2D eigenvalue weighted by Crippen LogP contribution is 2.22. The van der Waals surface area contributed by atoms with Crippen LogP contribution in [0, 0.1) is 11.8 Å². The highest BCUT2D eigenvalue weighted by atomic mass is 16.5. The van der Waals surface area contributed by atoms with Gasteiger partial charge in [-0.1, -0.05) is 260 Å². The first kappa shape index (κ1) is 70.6. The van der Waals surface area contributed by atoms with Crippen molar-refractivity contribution in [3.05, 3.63) is 0 Å². The van der Waals surface area contributed by atoms with Crippen molar-refractivity contribution in [2.24, 2.45) is 11.8 Å². The van der Waals surface area contributed by atoms with Gasteiger partial charge in [0, 0.05) is 6.42 Å². The molecule has 408 valence electrons. The molecule has 0 rings (SSSR count). The average Bonchev–Trinajstić information content (AvgIpc) is 3.33. The molecule has 68 heavy (non-hydrogen) atoms. The fourth-order valence-corrected chi connectivity index (χ4v) is 8.54. The first-order valence-electron chi connectivity index (χ1n) is 30.3. The number of ether oxygens (including phenoxy) is 3. The molecule has 0 aliphatic carbocycles. The smallest absolute Gasteiger partial charge is 0.308 e. The minimum atomic E-state index is -0.0285. The molecule has 0 aromatic heterocycles. The second-order valence-electron chi connectivity index (χ2n) is 20.6. The molecule has 2 unspecified atom stereocenters. The van der Waals surface area contributed by atoms with E-state index < -0.39 is 0 Å². The molecule has 0 radical (unpaired) electrons. The van der Waals surface area contributed by atoms with Crippen molar-refractivity contribution in [3.8, 4) is 0 Å². The van der Waals surface area contributed by atoms with Crippen LogP contribution in [-0.2, 0) is 28.6 Å². The van der Waals surface area contributed by atoms with Crippen molar-refractivity contribution < 1.29 is 28.6 Å². The van der Waals surface area contributed by atoms with Crippen LogP contribution in [0.25, 0.3) is 0 Å². The summed E-state index contributed by atoms with van der Waals surface area (Å²) < 4.78 is 16.3. The molecular weight excluding hydrogens is 843 g/mol. The van der Waals surface area contributed by atoms with Gasteiger partial charge in [0.2, 0.25) is 0 Å². The summed E-state index contributed by atoms with van der Waals surface area (Å²) in [7, 11) is 4.10. The Kier molecular flexibility index (Phi) is 63.9. The van der Waals surface area contributed by atoms with E-state index in [1.54, 1.807) is 0 Å². The molecule has 2 atom stereocenters. The summed E-state index contributed by atoms with van der Waals surface area (Å²) in [6.45, 7) is 18.5. The van der Waals surface area contributed by atoms with E-state index >= 15 is 0 Å². The fourth-order valence-electron chi connectivity index (χ4n) is 8.54. The van der Waals surface area contributed by atoms with Crippen molar-refractivity contribution in [3.63, 3.8) is 0 Å². The molecule has 0 N–H and O–H groups in total. The predicted octanol–water partition coefficient (Wildman–Crippen LogP) is 19.3. The van der Waals surface area contributed by atoms with Gasteiger partial charge in [-0.25, -0.2) is 0 Å². The van der Waals surface area contributed by atoms with Crippen LogP contribution < -0.4 is 0 Å². The number of nitrogens with zero attached hydrogens (tertiary/aromatic N) is 1. The quantitative estimate of drug-likeness (QED) is 0.0341. The Hall–Kier alpha value is -1.63. The molecule has 0 aliphatic heterocycles. The number of hydrogen-bond acceptors (Lipinski definition) is 7. The van der Waals surface area contributed by atoms with Gasteiger partial charge in [0.25, 0.3) is 0 Å². The van der Waals surface area contributed by atoms with E-state index in [0.29, 0.717) is 26.2 Å². The predicted molar refractivity (Wildman–Crippen MR) is 297 cm³/mol. The van der Waals surface area contributed by atoms with Crippen molar-refractivity contribution in [2.75, 3.05) is 40.5 Å². The maximum absolute atomic E-state index is 12.6. The van der Waals surface area contributed by atoms with E-state index in [1.165, 1.54) is 205 Å². The highest BCUT2D eigenvalue weighted by molar-refractivity contribution is 5.72. The number of rotatable bonds is 50. The summed E-state index contributed by atoms with van der Waals surface area (Å²) in [5, 5.41) is 0. The summed E-state index contributed by atoms with van der Waals surface area (Å²) in [5.74, 6) is 0.434. The van der Waals surface area contributed by atoms with Crippen molar-refractivity contribution >= 4 is 17.9 Å². The SMILES string of the molecule is CCCCCCCCC(CCCCCC)C(=O)OCCCC.CCCCCCCCCCCOC(=O)C(CCCCCC)CCCCCCCC.CCCCCCCOC(=O)CCCCN(C)C. The average molecular weight is 967 g/mol. The second-order valence-corrected chi connectivity index (χ2v) is 20.6. The van der Waals surface area contributed by atoms with E-state index in [4.69, 9.17) is 14.2 Å². The van der Waals surface area contributed by atoms with Gasteiger partial charge in [0.1, 0.15) is 0 Å². The number of esters is 3. The molecule has 0 aromatic rings. The second kappa shape index (κ2) is 61.5. The number of unbranched alkanes of at least 4 members (excludes halogenated alkanes) is 30. The minimum Gasteiger partial charge on any atom is -0.466 e. The molecule has 0 saturated heterocycles. The van der Waals surface area contributed by atoms with E-state index in [2.05, 4.69) is 67.5 Å². The Morgan fingerprint density at radius 3 is 0.897 bits per heavy atom. The van der Waals surface area contributed by atoms with Crippen molar-refractivity contribution in [1.82, 2.24) is 4.90 Å². The molecule has 0 heterocycles. The Morgan fingerprint density at radius 1 is 0.309 bits per heavy atom. The topological polar surface area (TPSA) is 82.1 Å². The third-order valence-corrected chi connectivity index (χ3v) is 13.3. The van der Waals surface area contributed by atoms with E-state index in [1.807, 2.05) is 0 Å². The number of hydrogen-bond donors (Lipinski definition) is 0. The van der Waals surface area contributed by atoms with Crippen LogP contribution in [0.15, 0.2) is 0 Å². The summed E-state index contributed by atoms with van der Waals surface area (Å²) in [4.78, 5) is 38.3. The van der Waals surface area contributed by atoms with Gasteiger partial charge in [-0.2, -0.15) is 0 Å². The van der Waals surface area contributed by atoms with E-state index in [9.17, 15) is 14.4 Å². The molecule has 0 saturated carbocycles. The lowest BCUT2D eigenvalue weighted by Crippen LogP contribution is -2.18. The zero-order chi connectivity index (χ0) is 50.8. The maximum Gasteiger partial charge on any atom is 0.308 e. The maximum atomic E-state index is 12.6. The third kappa shape index (κ3) is 58.7. The van der Waals surface area contributed by atoms with Crippen molar-refractivity contribution in [1.29, 1.82) is 0 Å². The zero-order valence-electron chi connectivity index (χ0n) is 47.8. The van der Waals surface area contributed by atoms with Gasteiger partial charge in [-0.15, -0.1) is 0 Å². The van der Waals surface area contributed by atoms with Crippen molar-refractivity contribution in [2.45, 2.75) is 325 Å². The van der Waals surface area contributed by atoms with E-state index in [0.717, 1.165) is 70.8 Å². The Morgan fingerprint density at radius 2 is 0.574 bits per heavy atom. The first-order chi connectivity index (χ1) is 33.2. The monoisotopic (exact) mass is 966 g/mol. The van der Waals surface area contributed by atoms with Gasteiger partial charge >= 0.3 is 17.9 Å². The highest BCUT2D eigenvalue weighted by Gasteiger charge is 2.20. The molecule has 7 nitrogen and oxygen atoms in total. The summed E-state index contributed by atoms with van der Waals surface area (Å²) in [5.41, 5.74) is 0. The molecule has 0 amide bonds. The van der Waals surface area contributed by atoms with Crippen LogP contribution in [-0.4, -0.2) is 63.3 Å². The molecule has 0 aliphatic rings. The lowest BCUT2D eigenvalue weighted by molar-refractivity contribution is -0.150.